The van der Waals surface area contributed by atoms with Crippen molar-refractivity contribution in [1.29, 1.82) is 0 Å². The summed E-state index contributed by atoms with van der Waals surface area (Å²) in [5, 5.41) is 9.90. The zero-order valence-corrected chi connectivity index (χ0v) is 21.1. The second kappa shape index (κ2) is 7.40. The molecule has 5 rings (SSSR count). The molecule has 1 heterocycles. The Morgan fingerprint density at radius 1 is 1.26 bits per heavy atom. The number of phosphoric ester groups is 1. The molecule has 0 aromatic carbocycles. The third-order valence-electron chi connectivity index (χ3n) is 9.43. The van der Waals surface area contributed by atoms with Crippen LogP contribution in [0.25, 0.3) is 0 Å². The standard InChI is InChI=1S/C24H32FO9P/c1-20(2)32-18-10-16-15-6-5-13-9-14(27)7-8-21(13,3)23(15,25)19(33-35(29,30)31)11-22(16,4)24(18,34-20)17(28)12-26/h7-9,15-16,18-19,26H,5-6,10-12H2,1-4H3,(H2,29,30,31)/t15-,16-,18+,19-,21-,22-,23-,24+/m0/s1. The molecule has 4 aliphatic carbocycles. The molecule has 0 radical (unpaired) electrons. The highest BCUT2D eigenvalue weighted by molar-refractivity contribution is 7.46. The van der Waals surface area contributed by atoms with Crippen molar-refractivity contribution < 1.29 is 47.4 Å². The van der Waals surface area contributed by atoms with Crippen LogP contribution in [0.3, 0.4) is 0 Å². The van der Waals surface area contributed by atoms with Gasteiger partial charge in [0, 0.05) is 16.7 Å². The number of ketones is 2. The molecule has 5 aliphatic rings. The first kappa shape index (κ1) is 25.4. The molecular formula is C24H32FO9P. The molecule has 0 amide bonds. The number of rotatable bonds is 4. The minimum atomic E-state index is -5.16. The Bertz CT molecular complexity index is 1100. The van der Waals surface area contributed by atoms with Crippen LogP contribution in [0.4, 0.5) is 4.39 Å². The number of allylic oxidation sites excluding steroid dienone is 4. The van der Waals surface area contributed by atoms with Crippen molar-refractivity contribution in [3.8, 4) is 0 Å². The van der Waals surface area contributed by atoms with Gasteiger partial charge in [0.2, 0.25) is 0 Å². The van der Waals surface area contributed by atoms with Crippen molar-refractivity contribution >= 4 is 19.4 Å². The van der Waals surface area contributed by atoms with Crippen molar-refractivity contribution in [1.82, 2.24) is 0 Å². The second-order valence-electron chi connectivity index (χ2n) is 11.5. The van der Waals surface area contributed by atoms with Crippen molar-refractivity contribution in [3.05, 3.63) is 23.8 Å². The van der Waals surface area contributed by atoms with E-state index in [0.717, 1.165) is 0 Å². The molecule has 8 atom stereocenters. The molecule has 35 heavy (non-hydrogen) atoms. The summed E-state index contributed by atoms with van der Waals surface area (Å²) in [5.74, 6) is -3.26. The van der Waals surface area contributed by atoms with Gasteiger partial charge in [-0.2, -0.15) is 0 Å². The molecule has 3 N–H and O–H groups in total. The third-order valence-corrected chi connectivity index (χ3v) is 9.96. The van der Waals surface area contributed by atoms with Gasteiger partial charge in [-0.25, -0.2) is 8.96 Å². The van der Waals surface area contributed by atoms with E-state index in [9.17, 15) is 29.0 Å². The molecule has 0 bridgehead atoms. The fourth-order valence-electron chi connectivity index (χ4n) is 8.17. The lowest BCUT2D eigenvalue weighted by atomic mass is 9.44. The quantitative estimate of drug-likeness (QED) is 0.483. The minimum Gasteiger partial charge on any atom is -0.388 e. The molecule has 0 spiro atoms. The summed E-state index contributed by atoms with van der Waals surface area (Å²) in [6, 6.07) is 0. The van der Waals surface area contributed by atoms with E-state index < -0.39 is 72.1 Å². The number of carbonyl (C=O) groups is 2. The molecule has 9 nitrogen and oxygen atoms in total. The summed E-state index contributed by atoms with van der Waals surface area (Å²) < 4.78 is 47.4. The fourth-order valence-corrected chi connectivity index (χ4v) is 8.73. The summed E-state index contributed by atoms with van der Waals surface area (Å²) in [7, 11) is -5.16. The molecule has 194 valence electrons. The normalized spacial score (nSPS) is 48.0. The van der Waals surface area contributed by atoms with Crippen LogP contribution < -0.4 is 0 Å². The maximum absolute atomic E-state index is 17.7. The van der Waals surface area contributed by atoms with E-state index in [1.165, 1.54) is 18.2 Å². The lowest BCUT2D eigenvalue weighted by molar-refractivity contribution is -0.244. The third kappa shape index (κ3) is 3.17. The van der Waals surface area contributed by atoms with E-state index in [4.69, 9.17) is 14.0 Å². The second-order valence-corrected chi connectivity index (χ2v) is 12.7. The monoisotopic (exact) mass is 514 g/mol. The van der Waals surface area contributed by atoms with E-state index >= 15 is 4.39 Å². The van der Waals surface area contributed by atoms with Gasteiger partial charge in [-0.15, -0.1) is 0 Å². The van der Waals surface area contributed by atoms with Crippen molar-refractivity contribution in [2.24, 2.45) is 22.7 Å². The van der Waals surface area contributed by atoms with Crippen LogP contribution in [0.1, 0.15) is 53.4 Å². The van der Waals surface area contributed by atoms with E-state index in [1.54, 1.807) is 27.7 Å². The number of fused-ring (bicyclic) bond motifs is 7. The Balaban J connectivity index is 1.70. The van der Waals surface area contributed by atoms with E-state index in [-0.39, 0.29) is 18.6 Å². The number of carbonyl (C=O) groups excluding carboxylic acids is 2. The molecule has 3 saturated carbocycles. The SMILES string of the molecule is CC1(C)O[C@@H]2C[C@H]3[C@@H]4CCC5=CC(=O)C=C[C@]5(C)[C@@]4(F)[C@@H](OP(=O)(O)O)C[C@]3(C)[C@]2(C(=O)CO)O1. The van der Waals surface area contributed by atoms with Crippen LogP contribution in [0.5, 0.6) is 0 Å². The number of alkyl halides is 1. The molecule has 0 unspecified atom stereocenters. The zero-order valence-electron chi connectivity index (χ0n) is 20.2. The average Bonchev–Trinajstić information content (AvgIpc) is 3.14. The number of halogens is 1. The van der Waals surface area contributed by atoms with Crippen molar-refractivity contribution in [3.63, 3.8) is 0 Å². The van der Waals surface area contributed by atoms with Crippen LogP contribution in [0, 0.1) is 22.7 Å². The van der Waals surface area contributed by atoms with Gasteiger partial charge in [0.05, 0.1) is 6.10 Å². The molecule has 1 saturated heterocycles. The highest BCUT2D eigenvalue weighted by Crippen LogP contribution is 2.73. The molecule has 0 aromatic rings. The number of Topliss-reactive ketones (excluding diaryl/α,β-unsaturated/α-hetero) is 1. The number of hydrogen-bond donors (Lipinski definition) is 3. The van der Waals surface area contributed by atoms with Crippen LogP contribution >= 0.6 is 7.82 Å². The molecule has 1 aliphatic heterocycles. The largest absolute Gasteiger partial charge is 0.469 e. The number of aliphatic hydroxyl groups excluding tert-OH is 1. The smallest absolute Gasteiger partial charge is 0.388 e. The number of phosphoric acid groups is 1. The summed E-state index contributed by atoms with van der Waals surface area (Å²) in [6.45, 7) is 5.88. The van der Waals surface area contributed by atoms with Gasteiger partial charge < -0.3 is 24.4 Å². The highest BCUT2D eigenvalue weighted by Gasteiger charge is 2.80. The Morgan fingerprint density at radius 2 is 1.94 bits per heavy atom. The lowest BCUT2D eigenvalue weighted by Gasteiger charge is -2.63. The van der Waals surface area contributed by atoms with Crippen LogP contribution in [-0.2, 0) is 28.2 Å². The maximum Gasteiger partial charge on any atom is 0.469 e. The number of aliphatic hydroxyl groups is 1. The van der Waals surface area contributed by atoms with Crippen molar-refractivity contribution in [2.75, 3.05) is 6.61 Å². The van der Waals surface area contributed by atoms with Gasteiger partial charge in [-0.1, -0.05) is 18.6 Å². The summed E-state index contributed by atoms with van der Waals surface area (Å²) >= 11 is 0. The lowest BCUT2D eigenvalue weighted by Crippen LogP contribution is -2.70. The van der Waals surface area contributed by atoms with Gasteiger partial charge in [-0.05, 0) is 64.5 Å². The average molecular weight is 514 g/mol. The highest BCUT2D eigenvalue weighted by atomic mass is 31.2. The van der Waals surface area contributed by atoms with E-state index in [1.807, 2.05) is 0 Å². The van der Waals surface area contributed by atoms with Gasteiger partial charge in [0.25, 0.3) is 0 Å². The Morgan fingerprint density at radius 3 is 2.57 bits per heavy atom. The Labute approximate surface area is 202 Å². The summed E-state index contributed by atoms with van der Waals surface area (Å²) in [5.41, 5.74) is -5.82. The van der Waals surface area contributed by atoms with Gasteiger partial charge in [-0.3, -0.25) is 14.1 Å². The zero-order chi connectivity index (χ0) is 25.8. The van der Waals surface area contributed by atoms with Crippen LogP contribution in [0.2, 0.25) is 0 Å². The number of hydrogen-bond acceptors (Lipinski definition) is 7. The maximum atomic E-state index is 17.7. The Kier molecular flexibility index (Phi) is 5.37. The van der Waals surface area contributed by atoms with Crippen molar-refractivity contribution in [2.45, 2.75) is 82.6 Å². The Hall–Kier alpha value is -1.26. The summed E-state index contributed by atoms with van der Waals surface area (Å²) in [6.07, 6.45) is 2.52. The molecule has 11 heteroatoms. The molecular weight excluding hydrogens is 482 g/mol. The first-order chi connectivity index (χ1) is 16.0. The predicted molar refractivity (Wildman–Crippen MR) is 120 cm³/mol. The molecule has 4 fully saturated rings. The van der Waals surface area contributed by atoms with Crippen LogP contribution in [-0.4, -0.2) is 62.3 Å². The summed E-state index contributed by atoms with van der Waals surface area (Å²) in [4.78, 5) is 45.0. The van der Waals surface area contributed by atoms with Gasteiger partial charge in [0.1, 0.15) is 12.7 Å². The van der Waals surface area contributed by atoms with E-state index in [0.29, 0.717) is 18.4 Å². The minimum absolute atomic E-state index is 0.248. The first-order valence-electron chi connectivity index (χ1n) is 11.9. The first-order valence-corrected chi connectivity index (χ1v) is 13.5. The van der Waals surface area contributed by atoms with Crippen LogP contribution in [0.15, 0.2) is 23.8 Å². The predicted octanol–water partition coefficient (Wildman–Crippen LogP) is 2.54. The fraction of sp³-hybridized carbons (Fsp3) is 0.750. The van der Waals surface area contributed by atoms with Gasteiger partial charge >= 0.3 is 7.82 Å². The number of ether oxygens (including phenoxy) is 2. The topological polar surface area (TPSA) is 140 Å². The van der Waals surface area contributed by atoms with E-state index in [2.05, 4.69) is 0 Å². The molecule has 0 aromatic heterocycles. The van der Waals surface area contributed by atoms with Gasteiger partial charge in [0.15, 0.2) is 28.6 Å².